The number of fused-ring (bicyclic) bond motifs is 2. The van der Waals surface area contributed by atoms with E-state index >= 15 is 0 Å². The van der Waals surface area contributed by atoms with Gasteiger partial charge in [0.25, 0.3) is 5.91 Å². The molecule has 1 saturated heterocycles. The van der Waals surface area contributed by atoms with Gasteiger partial charge >= 0.3 is 0 Å². The Hall–Kier alpha value is -3.06. The highest BCUT2D eigenvalue weighted by Crippen LogP contribution is 2.32. The van der Waals surface area contributed by atoms with Gasteiger partial charge in [-0.1, -0.05) is 29.5 Å². The molecule has 6 nitrogen and oxygen atoms in total. The van der Waals surface area contributed by atoms with Gasteiger partial charge < -0.3 is 19.0 Å². The zero-order valence-electron chi connectivity index (χ0n) is 15.4. The first-order chi connectivity index (χ1) is 13.7. The second kappa shape index (κ2) is 6.83. The van der Waals surface area contributed by atoms with E-state index in [0.29, 0.717) is 18.8 Å². The molecule has 1 aliphatic heterocycles. The van der Waals surface area contributed by atoms with Crippen molar-refractivity contribution in [1.82, 2.24) is 9.88 Å². The van der Waals surface area contributed by atoms with Crippen LogP contribution in [0.3, 0.4) is 0 Å². The van der Waals surface area contributed by atoms with Crippen LogP contribution in [0.25, 0.3) is 21.2 Å². The fourth-order valence-electron chi connectivity index (χ4n) is 3.50. The highest BCUT2D eigenvalue weighted by atomic mass is 32.1. The fourth-order valence-corrected chi connectivity index (χ4v) is 4.54. The predicted molar refractivity (Wildman–Crippen MR) is 111 cm³/mol. The lowest BCUT2D eigenvalue weighted by molar-refractivity contribution is 0.0717. The molecule has 0 atom stereocenters. The van der Waals surface area contributed by atoms with Gasteiger partial charge in [0.2, 0.25) is 0 Å². The third-order valence-corrected chi connectivity index (χ3v) is 6.14. The number of aromatic nitrogens is 1. The van der Waals surface area contributed by atoms with Crippen molar-refractivity contribution in [3.63, 3.8) is 0 Å². The number of hydrogen-bond donors (Lipinski definition) is 0. The van der Waals surface area contributed by atoms with E-state index in [1.165, 1.54) is 0 Å². The molecule has 0 radical (unpaired) electrons. The summed E-state index contributed by atoms with van der Waals surface area (Å²) in [5, 5.41) is 1.94. The van der Waals surface area contributed by atoms with E-state index in [1.54, 1.807) is 18.4 Å². The number of benzene rings is 2. The van der Waals surface area contributed by atoms with Gasteiger partial charge in [-0.3, -0.25) is 4.79 Å². The van der Waals surface area contributed by atoms with E-state index in [-0.39, 0.29) is 5.91 Å². The number of anilines is 1. The highest BCUT2D eigenvalue weighted by Gasteiger charge is 2.26. The van der Waals surface area contributed by atoms with E-state index in [1.807, 2.05) is 53.4 Å². The minimum atomic E-state index is -0.0510. The zero-order valence-corrected chi connectivity index (χ0v) is 16.2. The average Bonchev–Trinajstić information content (AvgIpc) is 3.36. The topological polar surface area (TPSA) is 58.8 Å². The number of carbonyl (C=O) groups excluding carboxylic acids is 1. The second-order valence-electron chi connectivity index (χ2n) is 6.76. The van der Waals surface area contributed by atoms with E-state index in [9.17, 15) is 4.79 Å². The molecule has 1 aliphatic rings. The van der Waals surface area contributed by atoms with Crippen molar-refractivity contribution in [2.75, 3.05) is 38.2 Å². The Kier molecular flexibility index (Phi) is 4.16. The van der Waals surface area contributed by atoms with Crippen molar-refractivity contribution in [1.29, 1.82) is 0 Å². The largest absolute Gasteiger partial charge is 0.497 e. The maximum absolute atomic E-state index is 12.8. The normalized spacial score (nSPS) is 14.8. The van der Waals surface area contributed by atoms with Crippen LogP contribution in [-0.4, -0.2) is 49.1 Å². The lowest BCUT2D eigenvalue weighted by atomic mass is 10.2. The minimum absolute atomic E-state index is 0.0510. The molecule has 5 rings (SSSR count). The monoisotopic (exact) mass is 393 g/mol. The first-order valence-corrected chi connectivity index (χ1v) is 10.0. The number of amides is 1. The van der Waals surface area contributed by atoms with Crippen molar-refractivity contribution in [2.24, 2.45) is 0 Å². The van der Waals surface area contributed by atoms with Gasteiger partial charge in [0.05, 0.1) is 17.3 Å². The third kappa shape index (κ3) is 2.97. The molecule has 2 aromatic heterocycles. The van der Waals surface area contributed by atoms with Crippen LogP contribution >= 0.6 is 11.3 Å². The SMILES string of the molecule is COc1ccc2nc(N3CCN(C(=O)c4cc5ccccc5o4)CC3)sc2c1. The second-order valence-corrected chi connectivity index (χ2v) is 7.77. The third-order valence-electron chi connectivity index (χ3n) is 5.06. The van der Waals surface area contributed by atoms with Crippen molar-refractivity contribution >= 4 is 43.6 Å². The van der Waals surface area contributed by atoms with Crippen LogP contribution in [0, 0.1) is 0 Å². The molecule has 0 unspecified atom stereocenters. The Morgan fingerprint density at radius 3 is 2.71 bits per heavy atom. The Balaban J connectivity index is 1.30. The van der Waals surface area contributed by atoms with Crippen LogP contribution in [-0.2, 0) is 0 Å². The van der Waals surface area contributed by atoms with Gasteiger partial charge in [-0.25, -0.2) is 4.98 Å². The summed E-state index contributed by atoms with van der Waals surface area (Å²) in [6.45, 7) is 2.80. The van der Waals surface area contributed by atoms with Gasteiger partial charge in [-0.15, -0.1) is 0 Å². The number of para-hydroxylation sites is 1. The van der Waals surface area contributed by atoms with Gasteiger partial charge in [-0.05, 0) is 30.3 Å². The summed E-state index contributed by atoms with van der Waals surface area (Å²) in [4.78, 5) is 21.6. The van der Waals surface area contributed by atoms with E-state index < -0.39 is 0 Å². The maximum Gasteiger partial charge on any atom is 0.289 e. The molecule has 3 heterocycles. The molecule has 28 heavy (non-hydrogen) atoms. The van der Waals surface area contributed by atoms with Crippen LogP contribution in [0.1, 0.15) is 10.6 Å². The Morgan fingerprint density at radius 2 is 1.93 bits per heavy atom. The van der Waals surface area contributed by atoms with E-state index in [2.05, 4.69) is 4.90 Å². The number of carbonyl (C=O) groups is 1. The van der Waals surface area contributed by atoms with Gasteiger partial charge in [0.1, 0.15) is 11.3 Å². The molecule has 0 bridgehead atoms. The number of piperazine rings is 1. The molecule has 0 aliphatic carbocycles. The first-order valence-electron chi connectivity index (χ1n) is 9.19. The molecule has 0 spiro atoms. The molecular weight excluding hydrogens is 374 g/mol. The van der Waals surface area contributed by atoms with Gasteiger partial charge in [0, 0.05) is 31.6 Å². The van der Waals surface area contributed by atoms with Crippen LogP contribution in [0.5, 0.6) is 5.75 Å². The van der Waals surface area contributed by atoms with Crippen LogP contribution < -0.4 is 9.64 Å². The number of methoxy groups -OCH3 is 1. The lowest BCUT2D eigenvalue weighted by Gasteiger charge is -2.34. The van der Waals surface area contributed by atoms with Crippen LogP contribution in [0.2, 0.25) is 0 Å². The quantitative estimate of drug-likeness (QED) is 0.526. The van der Waals surface area contributed by atoms with Crippen molar-refractivity contribution in [3.05, 3.63) is 54.3 Å². The standard InChI is InChI=1S/C21H19N3O3S/c1-26-15-6-7-16-19(13-15)28-21(22-16)24-10-8-23(9-11-24)20(25)18-12-14-4-2-3-5-17(14)27-18/h2-7,12-13H,8-11H2,1H3. The first kappa shape index (κ1) is 17.1. The molecule has 142 valence electrons. The molecule has 1 fully saturated rings. The Morgan fingerprint density at radius 1 is 1.11 bits per heavy atom. The number of nitrogens with zero attached hydrogens (tertiary/aromatic N) is 3. The van der Waals surface area contributed by atoms with Crippen LogP contribution in [0.4, 0.5) is 5.13 Å². The molecule has 4 aromatic rings. The Labute approximate surface area is 165 Å². The van der Waals surface area contributed by atoms with Crippen molar-refractivity contribution in [2.45, 2.75) is 0 Å². The van der Waals surface area contributed by atoms with Crippen LogP contribution in [0.15, 0.2) is 52.9 Å². The smallest absolute Gasteiger partial charge is 0.289 e. The maximum atomic E-state index is 12.8. The number of ether oxygens (including phenoxy) is 1. The Bertz CT molecular complexity index is 1130. The van der Waals surface area contributed by atoms with E-state index in [4.69, 9.17) is 14.1 Å². The van der Waals surface area contributed by atoms with Crippen molar-refractivity contribution < 1.29 is 13.9 Å². The molecule has 2 aromatic carbocycles. The predicted octanol–water partition coefficient (Wildman–Crippen LogP) is 4.01. The summed E-state index contributed by atoms with van der Waals surface area (Å²) in [5.74, 6) is 1.19. The lowest BCUT2D eigenvalue weighted by Crippen LogP contribution is -2.48. The summed E-state index contributed by atoms with van der Waals surface area (Å²) in [6, 6.07) is 15.4. The molecule has 1 amide bonds. The summed E-state index contributed by atoms with van der Waals surface area (Å²) < 4.78 is 12.1. The van der Waals surface area contributed by atoms with Gasteiger partial charge in [0.15, 0.2) is 10.9 Å². The number of thiazole rings is 1. The molecule has 0 N–H and O–H groups in total. The molecule has 7 heteroatoms. The van der Waals surface area contributed by atoms with Gasteiger partial charge in [-0.2, -0.15) is 0 Å². The number of rotatable bonds is 3. The summed E-state index contributed by atoms with van der Waals surface area (Å²) in [5.41, 5.74) is 1.72. The number of hydrogen-bond acceptors (Lipinski definition) is 6. The minimum Gasteiger partial charge on any atom is -0.497 e. The molecule has 0 saturated carbocycles. The average molecular weight is 393 g/mol. The summed E-state index contributed by atoms with van der Waals surface area (Å²) in [7, 11) is 1.67. The van der Waals surface area contributed by atoms with E-state index in [0.717, 1.165) is 45.2 Å². The zero-order chi connectivity index (χ0) is 19.1. The number of furan rings is 1. The van der Waals surface area contributed by atoms with Crippen molar-refractivity contribution in [3.8, 4) is 5.75 Å². The highest BCUT2D eigenvalue weighted by molar-refractivity contribution is 7.22. The fraction of sp³-hybridized carbons (Fsp3) is 0.238. The summed E-state index contributed by atoms with van der Waals surface area (Å²) in [6.07, 6.45) is 0. The summed E-state index contributed by atoms with van der Waals surface area (Å²) >= 11 is 1.66. The molecular formula is C21H19N3O3S.